The number of unbranched alkanes of at least 4 members (excludes halogenated alkanes) is 1. The van der Waals surface area contributed by atoms with Gasteiger partial charge in [0.15, 0.2) is 0 Å². The van der Waals surface area contributed by atoms with E-state index < -0.39 is 35.1 Å². The number of aromatic nitrogens is 2. The zero-order valence-electron chi connectivity index (χ0n) is 24.0. The fourth-order valence-corrected chi connectivity index (χ4v) is 3.41. The molecule has 1 aliphatic heterocycles. The fourth-order valence-electron chi connectivity index (χ4n) is 3.41. The molecule has 11 nitrogen and oxygen atoms in total. The molecule has 37 heavy (non-hydrogen) atoms. The van der Waals surface area contributed by atoms with Crippen LogP contribution in [-0.4, -0.2) is 58.1 Å². The number of nitrogens with zero attached hydrogens (tertiary/aromatic N) is 4. The van der Waals surface area contributed by atoms with Gasteiger partial charge in [-0.05, 0) is 68.7 Å². The first kappa shape index (κ1) is 30.3. The van der Waals surface area contributed by atoms with Gasteiger partial charge in [0.1, 0.15) is 22.6 Å². The average molecular weight is 522 g/mol. The molecule has 0 spiro atoms. The number of hydrogen-bond donors (Lipinski definition) is 1. The molecule has 0 saturated heterocycles. The molecule has 2 heterocycles. The number of carbonyl (C=O) groups is 3. The van der Waals surface area contributed by atoms with E-state index in [0.717, 1.165) is 6.42 Å². The number of anilines is 2. The summed E-state index contributed by atoms with van der Waals surface area (Å²) in [6.07, 6.45) is -0.468. The van der Waals surface area contributed by atoms with Crippen LogP contribution in [0.2, 0.25) is 0 Å². The van der Waals surface area contributed by atoms with Crippen molar-refractivity contribution in [2.24, 2.45) is 0 Å². The molecular formula is C26H43N5O6. The maximum atomic E-state index is 13.3. The second kappa shape index (κ2) is 11.6. The van der Waals surface area contributed by atoms with Gasteiger partial charge in [0, 0.05) is 31.6 Å². The summed E-state index contributed by atoms with van der Waals surface area (Å²) >= 11 is 0. The summed E-state index contributed by atoms with van der Waals surface area (Å²) in [4.78, 5) is 51.1. The Labute approximate surface area is 220 Å². The Balaban J connectivity index is 2.70. The monoisotopic (exact) mass is 521 g/mol. The van der Waals surface area contributed by atoms with Crippen LogP contribution in [0.4, 0.5) is 26.1 Å². The number of hydrogen-bond acceptors (Lipinski definition) is 9. The lowest BCUT2D eigenvalue weighted by molar-refractivity contribution is 0.0426. The number of carbonyl (C=O) groups excluding carboxylic acids is 3. The van der Waals surface area contributed by atoms with E-state index in [0.29, 0.717) is 48.6 Å². The Kier molecular flexibility index (Phi) is 9.51. The van der Waals surface area contributed by atoms with Gasteiger partial charge in [0.2, 0.25) is 5.95 Å². The summed E-state index contributed by atoms with van der Waals surface area (Å²) in [7, 11) is 0. The predicted molar refractivity (Wildman–Crippen MR) is 141 cm³/mol. The fraction of sp³-hybridized carbons (Fsp3) is 0.731. The van der Waals surface area contributed by atoms with Crippen molar-refractivity contribution in [3.05, 3.63) is 11.3 Å². The first-order valence-corrected chi connectivity index (χ1v) is 12.8. The van der Waals surface area contributed by atoms with Crippen LogP contribution in [0.3, 0.4) is 0 Å². The van der Waals surface area contributed by atoms with Crippen molar-refractivity contribution in [1.29, 1.82) is 0 Å². The molecule has 1 aliphatic rings. The number of amides is 3. The van der Waals surface area contributed by atoms with Crippen LogP contribution in [-0.2, 0) is 27.2 Å². The van der Waals surface area contributed by atoms with E-state index in [9.17, 15) is 14.4 Å². The number of rotatable bonds is 5. The lowest BCUT2D eigenvalue weighted by Crippen LogP contribution is -2.45. The summed E-state index contributed by atoms with van der Waals surface area (Å²) < 4.78 is 16.7. The van der Waals surface area contributed by atoms with Gasteiger partial charge in [-0.1, -0.05) is 13.3 Å². The number of nitrogens with one attached hydrogen (secondary N) is 1. The Morgan fingerprint density at radius 2 is 1.35 bits per heavy atom. The summed E-state index contributed by atoms with van der Waals surface area (Å²) in [5.74, 6) is 0.0659. The molecule has 0 atom stereocenters. The first-order valence-electron chi connectivity index (χ1n) is 12.8. The van der Waals surface area contributed by atoms with Crippen LogP contribution >= 0.6 is 0 Å². The Morgan fingerprint density at radius 1 is 0.838 bits per heavy atom. The topological polar surface area (TPSA) is 123 Å². The van der Waals surface area contributed by atoms with Gasteiger partial charge >= 0.3 is 18.3 Å². The van der Waals surface area contributed by atoms with Crippen molar-refractivity contribution in [1.82, 2.24) is 15.3 Å². The van der Waals surface area contributed by atoms with E-state index >= 15 is 0 Å². The van der Waals surface area contributed by atoms with E-state index in [1.54, 1.807) is 62.3 Å². The maximum absolute atomic E-state index is 13.3. The van der Waals surface area contributed by atoms with Crippen LogP contribution in [0.15, 0.2) is 0 Å². The Bertz CT molecular complexity index is 963. The molecule has 208 valence electrons. The quantitative estimate of drug-likeness (QED) is 0.511. The number of imide groups is 1. The molecule has 2 rings (SSSR count). The van der Waals surface area contributed by atoms with Gasteiger partial charge in [0.25, 0.3) is 0 Å². The molecule has 1 aromatic rings. The molecular weight excluding hydrogens is 478 g/mol. The Hall–Kier alpha value is -2.95. The van der Waals surface area contributed by atoms with E-state index in [-0.39, 0.29) is 11.8 Å². The van der Waals surface area contributed by atoms with Gasteiger partial charge in [-0.15, -0.1) is 4.90 Å². The van der Waals surface area contributed by atoms with Crippen LogP contribution in [0.25, 0.3) is 0 Å². The molecule has 0 saturated carbocycles. The lowest BCUT2D eigenvalue weighted by atomic mass is 10.1. The van der Waals surface area contributed by atoms with E-state index in [1.807, 2.05) is 6.92 Å². The zero-order valence-corrected chi connectivity index (χ0v) is 24.0. The van der Waals surface area contributed by atoms with Gasteiger partial charge < -0.3 is 19.5 Å². The molecule has 0 unspecified atom stereocenters. The molecule has 0 bridgehead atoms. The molecule has 1 aromatic heterocycles. The Morgan fingerprint density at radius 3 is 1.84 bits per heavy atom. The lowest BCUT2D eigenvalue weighted by Gasteiger charge is -2.31. The van der Waals surface area contributed by atoms with E-state index in [2.05, 4.69) is 15.3 Å². The standard InChI is InChI=1S/C26H43N5O6/c1-11-12-15-30(21(32)35-24(2,3)4)19-17-16-27-14-13-18(17)28-20(29-19)31(22(33)36-25(5,6)7)23(34)37-26(8,9)10/h27H,11-16H2,1-10H3. The van der Waals surface area contributed by atoms with Crippen molar-refractivity contribution in [2.45, 2.75) is 112 Å². The highest BCUT2D eigenvalue weighted by atomic mass is 16.6. The molecule has 3 amide bonds. The third-order valence-corrected chi connectivity index (χ3v) is 4.86. The molecule has 0 aromatic carbocycles. The zero-order chi connectivity index (χ0) is 28.2. The van der Waals surface area contributed by atoms with Gasteiger partial charge in [-0.25, -0.2) is 19.4 Å². The van der Waals surface area contributed by atoms with Crippen LogP contribution in [0.1, 0.15) is 93.3 Å². The summed E-state index contributed by atoms with van der Waals surface area (Å²) in [6, 6.07) is 0. The van der Waals surface area contributed by atoms with Crippen LogP contribution in [0, 0.1) is 0 Å². The van der Waals surface area contributed by atoms with Crippen LogP contribution < -0.4 is 15.1 Å². The normalized spacial score (nSPS) is 13.9. The largest absolute Gasteiger partial charge is 0.443 e. The highest BCUT2D eigenvalue weighted by Crippen LogP contribution is 2.30. The summed E-state index contributed by atoms with van der Waals surface area (Å²) in [5, 5.41) is 3.28. The van der Waals surface area contributed by atoms with Crippen molar-refractivity contribution in [3.63, 3.8) is 0 Å². The highest BCUT2D eigenvalue weighted by molar-refractivity contribution is 6.08. The molecule has 1 N–H and O–H groups in total. The summed E-state index contributed by atoms with van der Waals surface area (Å²) in [5.41, 5.74) is -1.16. The maximum Gasteiger partial charge on any atom is 0.427 e. The second-order valence-electron chi connectivity index (χ2n) is 12.0. The van der Waals surface area contributed by atoms with Gasteiger partial charge in [-0.2, -0.15) is 4.98 Å². The van der Waals surface area contributed by atoms with Crippen molar-refractivity contribution in [2.75, 3.05) is 22.9 Å². The van der Waals surface area contributed by atoms with Gasteiger partial charge in [0.05, 0.1) is 5.69 Å². The van der Waals surface area contributed by atoms with Crippen LogP contribution in [0.5, 0.6) is 0 Å². The van der Waals surface area contributed by atoms with Crippen molar-refractivity contribution in [3.8, 4) is 0 Å². The second-order valence-corrected chi connectivity index (χ2v) is 12.0. The third kappa shape index (κ3) is 9.14. The smallest absolute Gasteiger partial charge is 0.427 e. The minimum atomic E-state index is -0.973. The number of ether oxygens (including phenoxy) is 3. The van der Waals surface area contributed by atoms with Crippen molar-refractivity contribution >= 4 is 30.0 Å². The number of fused-ring (bicyclic) bond motifs is 1. The third-order valence-electron chi connectivity index (χ3n) is 4.86. The molecule has 11 heteroatoms. The molecule has 0 aliphatic carbocycles. The molecule has 0 radical (unpaired) electrons. The van der Waals surface area contributed by atoms with Crippen molar-refractivity contribution < 1.29 is 28.6 Å². The van der Waals surface area contributed by atoms with E-state index in [1.165, 1.54) is 4.90 Å². The molecule has 0 fully saturated rings. The summed E-state index contributed by atoms with van der Waals surface area (Å²) in [6.45, 7) is 18.9. The van der Waals surface area contributed by atoms with Gasteiger partial charge in [-0.3, -0.25) is 4.90 Å². The predicted octanol–water partition coefficient (Wildman–Crippen LogP) is 5.34. The minimum absolute atomic E-state index is 0.218. The SMILES string of the molecule is CCCCN(C(=O)OC(C)(C)C)c1nc(N(C(=O)OC(C)(C)C)C(=O)OC(C)(C)C)nc2c1CNCC2. The highest BCUT2D eigenvalue weighted by Gasteiger charge is 2.37. The van der Waals surface area contributed by atoms with E-state index in [4.69, 9.17) is 14.2 Å². The first-order chi connectivity index (χ1) is 16.9. The minimum Gasteiger partial charge on any atom is -0.443 e. The average Bonchev–Trinajstić information content (AvgIpc) is 2.70.